The fourth-order valence-corrected chi connectivity index (χ4v) is 3.16. The Morgan fingerprint density at radius 1 is 1.08 bits per heavy atom. The molecular weight excluding hydrogens is 166 g/mol. The van der Waals surface area contributed by atoms with Crippen molar-refractivity contribution < 1.29 is 14.7 Å². The maximum atomic E-state index is 5.81. The van der Waals surface area contributed by atoms with Crippen molar-refractivity contribution in [2.24, 2.45) is 11.8 Å². The van der Waals surface area contributed by atoms with E-state index in [9.17, 15) is 0 Å². The van der Waals surface area contributed by atoms with E-state index in [1.807, 2.05) is 0 Å². The molecule has 4 atom stereocenters. The first-order valence-electron chi connectivity index (χ1n) is 4.81. The van der Waals surface area contributed by atoms with Crippen LogP contribution in [0.2, 0.25) is 0 Å². The van der Waals surface area contributed by atoms with Gasteiger partial charge in [0.15, 0.2) is 0 Å². The summed E-state index contributed by atoms with van der Waals surface area (Å²) in [6.07, 6.45) is 5.44. The van der Waals surface area contributed by atoms with E-state index in [0.29, 0.717) is 12.2 Å². The van der Waals surface area contributed by atoms with Crippen LogP contribution in [-0.4, -0.2) is 49.4 Å². The van der Waals surface area contributed by atoms with Gasteiger partial charge in [-0.15, -0.1) is 0 Å². The Labute approximate surface area is 78.9 Å². The second kappa shape index (κ2) is 2.56. The standard InChI is InChI=1S/C10H16NO.H2O/c1-11(2)5-7-8(6-11)10-4-3-9(7)12-10;/h3-4,7-10H,5-6H2,1-2H3;1H2/q+1;/p-1. The number of fused-ring (bicyclic) bond motifs is 5. The third-order valence-electron chi connectivity index (χ3n) is 3.61. The highest BCUT2D eigenvalue weighted by Gasteiger charge is 2.54. The van der Waals surface area contributed by atoms with Crippen LogP contribution in [-0.2, 0) is 4.74 Å². The Kier molecular flexibility index (Phi) is 1.81. The summed E-state index contributed by atoms with van der Waals surface area (Å²) < 4.78 is 7.00. The summed E-state index contributed by atoms with van der Waals surface area (Å²) >= 11 is 0. The third-order valence-corrected chi connectivity index (χ3v) is 3.61. The van der Waals surface area contributed by atoms with Gasteiger partial charge in [-0.25, -0.2) is 0 Å². The molecule has 3 rings (SSSR count). The van der Waals surface area contributed by atoms with Gasteiger partial charge >= 0.3 is 0 Å². The number of hydrogen-bond donors (Lipinski definition) is 0. The molecule has 0 aliphatic carbocycles. The van der Waals surface area contributed by atoms with Crippen molar-refractivity contribution in [1.29, 1.82) is 0 Å². The number of hydrogen-bond acceptors (Lipinski definition) is 2. The quantitative estimate of drug-likeness (QED) is 0.404. The molecule has 3 aliphatic heterocycles. The zero-order chi connectivity index (χ0) is 8.34. The summed E-state index contributed by atoms with van der Waals surface area (Å²) in [5.74, 6) is 1.63. The number of ether oxygens (including phenoxy) is 1. The summed E-state index contributed by atoms with van der Waals surface area (Å²) in [6.45, 7) is 2.60. The monoisotopic (exact) mass is 183 g/mol. The van der Waals surface area contributed by atoms with E-state index in [-0.39, 0.29) is 5.48 Å². The van der Waals surface area contributed by atoms with Gasteiger partial charge in [-0.1, -0.05) is 12.2 Å². The predicted molar refractivity (Wildman–Crippen MR) is 48.6 cm³/mol. The van der Waals surface area contributed by atoms with Crippen molar-refractivity contribution >= 4 is 0 Å². The highest BCUT2D eigenvalue weighted by molar-refractivity contribution is 5.15. The highest BCUT2D eigenvalue weighted by atomic mass is 16.5. The first-order chi connectivity index (χ1) is 5.66. The smallest absolute Gasteiger partial charge is 0.0852 e. The molecule has 0 spiro atoms. The van der Waals surface area contributed by atoms with Gasteiger partial charge in [0.2, 0.25) is 0 Å². The Morgan fingerprint density at radius 3 is 2.00 bits per heavy atom. The molecule has 0 radical (unpaired) electrons. The van der Waals surface area contributed by atoms with Gasteiger partial charge in [0.1, 0.15) is 0 Å². The summed E-state index contributed by atoms with van der Waals surface area (Å²) in [6, 6.07) is 0. The topological polar surface area (TPSA) is 39.2 Å². The molecular formula is C10H17NO2. The van der Waals surface area contributed by atoms with Crippen LogP contribution < -0.4 is 0 Å². The molecule has 3 aliphatic rings. The number of nitrogens with zero attached hydrogens (tertiary/aromatic N) is 1. The lowest BCUT2D eigenvalue weighted by Gasteiger charge is -2.25. The van der Waals surface area contributed by atoms with Crippen LogP contribution in [0.1, 0.15) is 0 Å². The van der Waals surface area contributed by atoms with Crippen LogP contribution >= 0.6 is 0 Å². The molecule has 4 unspecified atom stereocenters. The van der Waals surface area contributed by atoms with Crippen LogP contribution in [0.25, 0.3) is 0 Å². The largest absolute Gasteiger partial charge is 0.870 e. The van der Waals surface area contributed by atoms with Crippen molar-refractivity contribution in [2.75, 3.05) is 27.2 Å². The summed E-state index contributed by atoms with van der Waals surface area (Å²) in [5.41, 5.74) is 0. The average Bonchev–Trinajstić information content (AvgIpc) is 2.54. The molecule has 0 amide bonds. The molecule has 0 saturated carbocycles. The lowest BCUT2D eigenvalue weighted by atomic mass is 9.86. The fourth-order valence-electron chi connectivity index (χ4n) is 3.16. The van der Waals surface area contributed by atoms with E-state index in [1.165, 1.54) is 17.6 Å². The van der Waals surface area contributed by atoms with Gasteiger partial charge < -0.3 is 14.7 Å². The Balaban J connectivity index is 0.000000653. The maximum Gasteiger partial charge on any atom is 0.0852 e. The first-order valence-corrected chi connectivity index (χ1v) is 4.81. The summed E-state index contributed by atoms with van der Waals surface area (Å²) in [5, 5.41) is 0. The highest BCUT2D eigenvalue weighted by Crippen LogP contribution is 2.44. The molecule has 2 saturated heterocycles. The second-order valence-electron chi connectivity index (χ2n) is 5.08. The Morgan fingerprint density at radius 2 is 1.54 bits per heavy atom. The van der Waals surface area contributed by atoms with E-state index in [0.717, 1.165) is 11.8 Å². The first kappa shape index (κ1) is 9.19. The Hall–Kier alpha value is -0.380. The Bertz CT molecular complexity index is 227. The van der Waals surface area contributed by atoms with Crippen molar-refractivity contribution in [3.05, 3.63) is 12.2 Å². The van der Waals surface area contributed by atoms with Crippen molar-refractivity contribution in [3.63, 3.8) is 0 Å². The minimum atomic E-state index is 0. The van der Waals surface area contributed by atoms with Crippen LogP contribution in [0.5, 0.6) is 0 Å². The lowest BCUT2D eigenvalue weighted by Crippen LogP contribution is -2.39. The molecule has 0 aromatic carbocycles. The van der Waals surface area contributed by atoms with Crippen LogP contribution in [0.3, 0.4) is 0 Å². The predicted octanol–water partition coefficient (Wildman–Crippen LogP) is 0.469. The molecule has 74 valence electrons. The number of likely N-dealkylation sites (tertiary alicyclic amines) is 1. The number of quaternary nitrogens is 1. The second-order valence-corrected chi connectivity index (χ2v) is 5.08. The SMILES string of the molecule is C[N+]1(C)CC2C3C=CC(O3)C2C1.[OH-]. The zero-order valence-corrected chi connectivity index (χ0v) is 8.18. The van der Waals surface area contributed by atoms with Crippen LogP contribution in [0.15, 0.2) is 12.2 Å². The van der Waals surface area contributed by atoms with Crippen LogP contribution in [0, 0.1) is 11.8 Å². The molecule has 0 aromatic rings. The van der Waals surface area contributed by atoms with E-state index >= 15 is 0 Å². The van der Waals surface area contributed by atoms with Gasteiger partial charge in [0, 0.05) is 11.8 Å². The van der Waals surface area contributed by atoms with E-state index in [2.05, 4.69) is 26.2 Å². The fraction of sp³-hybridized carbons (Fsp3) is 0.800. The van der Waals surface area contributed by atoms with Crippen molar-refractivity contribution in [2.45, 2.75) is 12.2 Å². The third kappa shape index (κ3) is 1.15. The van der Waals surface area contributed by atoms with E-state index in [4.69, 9.17) is 4.74 Å². The van der Waals surface area contributed by atoms with Crippen molar-refractivity contribution in [3.8, 4) is 0 Å². The van der Waals surface area contributed by atoms with Gasteiger partial charge in [-0.2, -0.15) is 0 Å². The van der Waals surface area contributed by atoms with Crippen molar-refractivity contribution in [1.82, 2.24) is 0 Å². The minimum Gasteiger partial charge on any atom is -0.870 e. The average molecular weight is 183 g/mol. The zero-order valence-electron chi connectivity index (χ0n) is 8.18. The molecule has 3 heterocycles. The minimum absolute atomic E-state index is 0. The van der Waals surface area contributed by atoms with Crippen LogP contribution in [0.4, 0.5) is 0 Å². The van der Waals surface area contributed by atoms with Gasteiger partial charge in [0.25, 0.3) is 0 Å². The van der Waals surface area contributed by atoms with E-state index < -0.39 is 0 Å². The van der Waals surface area contributed by atoms with E-state index in [1.54, 1.807) is 0 Å². The molecule has 2 fully saturated rings. The molecule has 3 nitrogen and oxygen atoms in total. The van der Waals surface area contributed by atoms with Gasteiger partial charge in [0.05, 0.1) is 39.4 Å². The van der Waals surface area contributed by atoms with Gasteiger partial charge in [-0.05, 0) is 0 Å². The summed E-state index contributed by atoms with van der Waals surface area (Å²) in [7, 11) is 4.66. The summed E-state index contributed by atoms with van der Waals surface area (Å²) in [4.78, 5) is 0. The lowest BCUT2D eigenvalue weighted by molar-refractivity contribution is -0.881. The molecule has 1 N–H and O–H groups in total. The normalized spacial score (nSPS) is 49.1. The molecule has 3 heteroatoms. The maximum absolute atomic E-state index is 5.81. The number of rotatable bonds is 0. The van der Waals surface area contributed by atoms with Gasteiger partial charge in [-0.3, -0.25) is 0 Å². The molecule has 13 heavy (non-hydrogen) atoms. The molecule has 2 bridgehead atoms. The molecule has 0 aromatic heterocycles.